The van der Waals surface area contributed by atoms with E-state index in [1.807, 2.05) is 11.6 Å². The van der Waals surface area contributed by atoms with Crippen LogP contribution in [0.2, 0.25) is 0 Å². The lowest BCUT2D eigenvalue weighted by Crippen LogP contribution is -2.32. The first-order valence-electron chi connectivity index (χ1n) is 9.16. The van der Waals surface area contributed by atoms with Crippen LogP contribution in [0.3, 0.4) is 0 Å². The summed E-state index contributed by atoms with van der Waals surface area (Å²) < 4.78 is 16.1. The molecule has 1 unspecified atom stereocenters. The Balaban J connectivity index is 1.70. The number of nitrogens with zero attached hydrogens (tertiary/aromatic N) is 2. The van der Waals surface area contributed by atoms with Crippen LogP contribution in [0.1, 0.15) is 62.4 Å². The van der Waals surface area contributed by atoms with Crippen molar-refractivity contribution < 1.29 is 9.18 Å². The second-order valence-electron chi connectivity index (χ2n) is 6.96. The number of carbonyl (C=O) groups is 1. The van der Waals surface area contributed by atoms with Crippen molar-refractivity contribution in [3.63, 3.8) is 0 Å². The lowest BCUT2D eigenvalue weighted by molar-refractivity contribution is -0.122. The van der Waals surface area contributed by atoms with E-state index in [2.05, 4.69) is 10.3 Å². The molecular weight excluding hydrogens is 317 g/mol. The molecule has 1 atom stereocenters. The first-order valence-corrected chi connectivity index (χ1v) is 9.16. The lowest BCUT2D eigenvalue weighted by atomic mass is 9.86. The molecule has 1 aromatic carbocycles. The third-order valence-electron chi connectivity index (χ3n) is 5.14. The van der Waals surface area contributed by atoms with E-state index in [0.29, 0.717) is 23.7 Å². The number of halogens is 1. The topological polar surface area (TPSA) is 46.9 Å². The third-order valence-corrected chi connectivity index (χ3v) is 5.14. The van der Waals surface area contributed by atoms with Crippen molar-refractivity contribution in [2.24, 2.45) is 13.0 Å². The summed E-state index contributed by atoms with van der Waals surface area (Å²) in [5.41, 5.74) is 0.447. The number of carbonyl (C=O) groups excluding carboxylic acids is 1. The fourth-order valence-corrected chi connectivity index (χ4v) is 3.69. The summed E-state index contributed by atoms with van der Waals surface area (Å²) in [6.45, 7) is 0. The summed E-state index contributed by atoms with van der Waals surface area (Å²) in [6.07, 6.45) is 11.2. The zero-order valence-corrected chi connectivity index (χ0v) is 14.7. The average Bonchev–Trinajstić information content (AvgIpc) is 3.05. The molecule has 134 valence electrons. The maximum atomic E-state index is 14.3. The molecule has 0 saturated heterocycles. The van der Waals surface area contributed by atoms with Gasteiger partial charge in [-0.3, -0.25) is 4.79 Å². The third kappa shape index (κ3) is 4.47. The van der Waals surface area contributed by atoms with Crippen molar-refractivity contribution in [1.82, 2.24) is 14.9 Å². The fourth-order valence-electron chi connectivity index (χ4n) is 3.69. The maximum absolute atomic E-state index is 14.3. The normalized spacial score (nSPS) is 16.6. The Morgan fingerprint density at radius 1 is 1.32 bits per heavy atom. The summed E-state index contributed by atoms with van der Waals surface area (Å²) in [5.74, 6) is 0.917. The van der Waals surface area contributed by atoms with E-state index < -0.39 is 6.04 Å². The van der Waals surface area contributed by atoms with E-state index in [-0.39, 0.29) is 11.7 Å². The van der Waals surface area contributed by atoms with Gasteiger partial charge in [-0.2, -0.15) is 0 Å². The minimum absolute atomic E-state index is 0.0400. The summed E-state index contributed by atoms with van der Waals surface area (Å²) in [6, 6.07) is 5.98. The van der Waals surface area contributed by atoms with Crippen molar-refractivity contribution in [3.8, 4) is 0 Å². The Kier molecular flexibility index (Phi) is 5.84. The highest BCUT2D eigenvalue weighted by atomic mass is 19.1. The summed E-state index contributed by atoms with van der Waals surface area (Å²) in [4.78, 5) is 16.8. The van der Waals surface area contributed by atoms with Gasteiger partial charge in [0.1, 0.15) is 17.7 Å². The first kappa shape index (κ1) is 17.6. The molecule has 1 heterocycles. The molecule has 5 heteroatoms. The molecule has 2 aromatic rings. The molecule has 1 aliphatic rings. The minimum Gasteiger partial charge on any atom is -0.342 e. The number of hydrogen-bond donors (Lipinski definition) is 1. The highest BCUT2D eigenvalue weighted by Gasteiger charge is 2.24. The monoisotopic (exact) mass is 343 g/mol. The average molecular weight is 343 g/mol. The molecule has 0 radical (unpaired) electrons. The van der Waals surface area contributed by atoms with E-state index in [1.165, 1.54) is 38.2 Å². The van der Waals surface area contributed by atoms with E-state index >= 15 is 0 Å². The quantitative estimate of drug-likeness (QED) is 0.857. The maximum Gasteiger partial charge on any atom is 0.220 e. The molecule has 0 bridgehead atoms. The van der Waals surface area contributed by atoms with Crippen LogP contribution < -0.4 is 5.32 Å². The highest BCUT2D eigenvalue weighted by molar-refractivity contribution is 5.76. The lowest BCUT2D eigenvalue weighted by Gasteiger charge is -2.23. The summed E-state index contributed by atoms with van der Waals surface area (Å²) in [7, 11) is 1.85. The van der Waals surface area contributed by atoms with Gasteiger partial charge < -0.3 is 9.88 Å². The van der Waals surface area contributed by atoms with Crippen molar-refractivity contribution in [3.05, 3.63) is 53.9 Å². The molecule has 4 nitrogen and oxygen atoms in total. The van der Waals surface area contributed by atoms with Gasteiger partial charge in [-0.1, -0.05) is 50.3 Å². The number of hydrogen-bond acceptors (Lipinski definition) is 2. The first-order chi connectivity index (χ1) is 12.1. The predicted molar refractivity (Wildman–Crippen MR) is 95.4 cm³/mol. The van der Waals surface area contributed by atoms with Gasteiger partial charge in [-0.25, -0.2) is 9.37 Å². The van der Waals surface area contributed by atoms with Crippen molar-refractivity contribution in [2.75, 3.05) is 0 Å². The van der Waals surface area contributed by atoms with Gasteiger partial charge in [0.2, 0.25) is 5.91 Å². The van der Waals surface area contributed by atoms with Gasteiger partial charge >= 0.3 is 0 Å². The van der Waals surface area contributed by atoms with Crippen LogP contribution in [0.5, 0.6) is 0 Å². The van der Waals surface area contributed by atoms with Crippen LogP contribution in [-0.4, -0.2) is 15.5 Å². The van der Waals surface area contributed by atoms with Gasteiger partial charge in [-0.05, 0) is 18.4 Å². The summed E-state index contributed by atoms with van der Waals surface area (Å²) in [5, 5.41) is 2.99. The zero-order chi connectivity index (χ0) is 17.6. The number of amides is 1. The SMILES string of the molecule is Cn1ccnc1C(NC(=O)CCC1CCCCC1)c1ccccc1F. The Labute approximate surface area is 148 Å². The second kappa shape index (κ2) is 8.28. The highest BCUT2D eigenvalue weighted by Crippen LogP contribution is 2.28. The number of imidazole rings is 1. The molecule has 3 rings (SSSR count). The molecule has 1 fully saturated rings. The molecule has 25 heavy (non-hydrogen) atoms. The van der Waals surface area contributed by atoms with Crippen LogP contribution in [0.25, 0.3) is 0 Å². The molecular formula is C20H26FN3O. The van der Waals surface area contributed by atoms with Gasteiger partial charge in [0.05, 0.1) is 0 Å². The Bertz CT molecular complexity index is 706. The zero-order valence-electron chi connectivity index (χ0n) is 14.7. The Morgan fingerprint density at radius 2 is 2.08 bits per heavy atom. The Hall–Kier alpha value is -2.17. The van der Waals surface area contributed by atoms with Gasteiger partial charge in [0.15, 0.2) is 0 Å². The van der Waals surface area contributed by atoms with Crippen LogP contribution in [0.15, 0.2) is 36.7 Å². The molecule has 0 spiro atoms. The van der Waals surface area contributed by atoms with Crippen molar-refractivity contribution in [2.45, 2.75) is 51.0 Å². The van der Waals surface area contributed by atoms with Crippen LogP contribution in [0, 0.1) is 11.7 Å². The van der Waals surface area contributed by atoms with E-state index in [1.54, 1.807) is 30.6 Å². The molecule has 1 amide bonds. The van der Waals surface area contributed by atoms with Gasteiger partial charge in [0, 0.05) is 31.4 Å². The van der Waals surface area contributed by atoms with E-state index in [9.17, 15) is 9.18 Å². The molecule has 1 saturated carbocycles. The summed E-state index contributed by atoms with van der Waals surface area (Å²) >= 11 is 0. The standard InChI is InChI=1S/C20H26FN3O/c1-24-14-13-22-20(24)19(16-9-5-6-10-17(16)21)23-18(25)12-11-15-7-3-2-4-8-15/h5-6,9-10,13-15,19H,2-4,7-8,11-12H2,1H3,(H,23,25). The number of aromatic nitrogens is 2. The number of benzene rings is 1. The van der Waals surface area contributed by atoms with Gasteiger partial charge in [-0.15, -0.1) is 0 Å². The number of rotatable bonds is 6. The van der Waals surface area contributed by atoms with Crippen molar-refractivity contribution in [1.29, 1.82) is 0 Å². The van der Waals surface area contributed by atoms with Crippen LogP contribution in [-0.2, 0) is 11.8 Å². The predicted octanol–water partition coefficient (Wildman–Crippen LogP) is 4.13. The minimum atomic E-state index is -0.569. The molecule has 0 aliphatic heterocycles. The van der Waals surface area contributed by atoms with Gasteiger partial charge in [0.25, 0.3) is 0 Å². The number of nitrogens with one attached hydrogen (secondary N) is 1. The molecule has 1 N–H and O–H groups in total. The smallest absolute Gasteiger partial charge is 0.220 e. The fraction of sp³-hybridized carbons (Fsp3) is 0.500. The largest absolute Gasteiger partial charge is 0.342 e. The molecule has 1 aromatic heterocycles. The number of aryl methyl sites for hydroxylation is 1. The Morgan fingerprint density at radius 3 is 2.76 bits per heavy atom. The van der Waals surface area contributed by atoms with E-state index in [0.717, 1.165) is 6.42 Å². The second-order valence-corrected chi connectivity index (χ2v) is 6.96. The van der Waals surface area contributed by atoms with Crippen LogP contribution in [0.4, 0.5) is 4.39 Å². The van der Waals surface area contributed by atoms with Crippen molar-refractivity contribution >= 4 is 5.91 Å². The molecule has 1 aliphatic carbocycles. The van der Waals surface area contributed by atoms with E-state index in [4.69, 9.17) is 0 Å². The van der Waals surface area contributed by atoms with Crippen LogP contribution >= 0.6 is 0 Å².